The Morgan fingerprint density at radius 3 is 2.38 bits per heavy atom. The van der Waals surface area contributed by atoms with Crippen molar-refractivity contribution in [2.75, 3.05) is 16.8 Å². The van der Waals surface area contributed by atoms with Crippen molar-refractivity contribution in [1.82, 2.24) is 0 Å². The number of nitrogens with zero attached hydrogens (tertiary/aromatic N) is 1. The van der Waals surface area contributed by atoms with Crippen molar-refractivity contribution in [3.63, 3.8) is 0 Å². The molecule has 0 N–H and O–H groups in total. The van der Waals surface area contributed by atoms with Gasteiger partial charge in [-0.05, 0) is 39.3 Å². The molecule has 0 radical (unpaired) electrons. The molecule has 0 fully saturated rings. The van der Waals surface area contributed by atoms with Crippen LogP contribution >= 0.6 is 15.9 Å². The van der Waals surface area contributed by atoms with E-state index in [9.17, 15) is 9.59 Å². The van der Waals surface area contributed by atoms with Gasteiger partial charge in [0.2, 0.25) is 0 Å². The molecule has 0 saturated heterocycles. The minimum Gasteiger partial charge on any atom is -0.443 e. The zero-order chi connectivity index (χ0) is 16.0. The monoisotopic (exact) mass is 355 g/mol. The molecule has 116 valence electrons. The maximum Gasteiger partial charge on any atom is 0.414 e. The molecule has 0 unspecified atom stereocenters. The summed E-state index contributed by atoms with van der Waals surface area (Å²) in [6.07, 6.45) is -0.141. The van der Waals surface area contributed by atoms with Crippen LogP contribution in [-0.2, 0) is 9.53 Å². The molecule has 0 aliphatic heterocycles. The van der Waals surface area contributed by atoms with E-state index >= 15 is 0 Å². The zero-order valence-electron chi connectivity index (χ0n) is 13.0. The highest BCUT2D eigenvalue weighted by Gasteiger charge is 2.24. The molecule has 0 spiro atoms. The number of hydrogen-bond donors (Lipinski definition) is 0. The molecular formula is C16H22BrNO3. The highest BCUT2D eigenvalue weighted by molar-refractivity contribution is 9.09. The smallest absolute Gasteiger partial charge is 0.414 e. The van der Waals surface area contributed by atoms with Gasteiger partial charge in [-0.1, -0.05) is 34.1 Å². The third-order valence-corrected chi connectivity index (χ3v) is 3.41. The predicted molar refractivity (Wildman–Crippen MR) is 88.2 cm³/mol. The molecule has 1 rings (SSSR count). The van der Waals surface area contributed by atoms with Crippen LogP contribution in [0.3, 0.4) is 0 Å². The van der Waals surface area contributed by atoms with Gasteiger partial charge in [0.05, 0.1) is 5.33 Å². The van der Waals surface area contributed by atoms with E-state index in [1.54, 1.807) is 0 Å². The van der Waals surface area contributed by atoms with E-state index in [2.05, 4.69) is 15.9 Å². The van der Waals surface area contributed by atoms with Crippen molar-refractivity contribution in [3.8, 4) is 0 Å². The lowest BCUT2D eigenvalue weighted by molar-refractivity contribution is -0.116. The second-order valence-corrected chi connectivity index (χ2v) is 6.40. The number of halogens is 1. The fourth-order valence-electron chi connectivity index (χ4n) is 1.80. The number of alkyl halides is 1. The predicted octanol–water partition coefficient (Wildman–Crippen LogP) is 4.09. The number of ether oxygens (including phenoxy) is 1. The molecule has 0 heterocycles. The van der Waals surface area contributed by atoms with Crippen LogP contribution in [0.4, 0.5) is 10.5 Å². The van der Waals surface area contributed by atoms with Gasteiger partial charge in [-0.25, -0.2) is 4.79 Å². The number of ketones is 1. The largest absolute Gasteiger partial charge is 0.443 e. The number of rotatable bonds is 5. The third-order valence-electron chi connectivity index (χ3n) is 2.78. The van der Waals surface area contributed by atoms with E-state index in [4.69, 9.17) is 4.74 Å². The van der Waals surface area contributed by atoms with E-state index < -0.39 is 11.7 Å². The number of benzene rings is 1. The van der Waals surface area contributed by atoms with Crippen molar-refractivity contribution in [1.29, 1.82) is 0 Å². The minimum atomic E-state index is -0.572. The average Bonchev–Trinajstić information content (AvgIpc) is 2.38. The summed E-state index contributed by atoms with van der Waals surface area (Å²) in [5, 5.41) is 0.295. The number of carbonyl (C=O) groups excluding carboxylic acids is 2. The lowest BCUT2D eigenvalue weighted by Gasteiger charge is -2.28. The van der Waals surface area contributed by atoms with E-state index in [0.29, 0.717) is 18.3 Å². The Kier molecular flexibility index (Phi) is 6.40. The molecule has 0 bridgehead atoms. The summed E-state index contributed by atoms with van der Waals surface area (Å²) in [7, 11) is 0. The Labute approximate surface area is 134 Å². The molecule has 1 amide bonds. The van der Waals surface area contributed by atoms with Gasteiger partial charge in [0.25, 0.3) is 0 Å². The van der Waals surface area contributed by atoms with Crippen LogP contribution < -0.4 is 4.90 Å². The van der Waals surface area contributed by atoms with Gasteiger partial charge in [0, 0.05) is 18.7 Å². The first-order valence-corrected chi connectivity index (χ1v) is 8.00. The quantitative estimate of drug-likeness (QED) is 0.747. The molecule has 5 heteroatoms. The average molecular weight is 356 g/mol. The second kappa shape index (κ2) is 7.59. The molecule has 0 saturated carbocycles. The van der Waals surface area contributed by atoms with Gasteiger partial charge in [0.1, 0.15) is 11.4 Å². The summed E-state index contributed by atoms with van der Waals surface area (Å²) >= 11 is 3.14. The van der Waals surface area contributed by atoms with Crippen LogP contribution in [-0.4, -0.2) is 29.4 Å². The zero-order valence-corrected chi connectivity index (χ0v) is 14.6. The maximum absolute atomic E-state index is 12.4. The summed E-state index contributed by atoms with van der Waals surface area (Å²) < 4.78 is 5.44. The molecular weight excluding hydrogens is 334 g/mol. The molecule has 0 aromatic heterocycles. The van der Waals surface area contributed by atoms with Crippen molar-refractivity contribution < 1.29 is 14.3 Å². The highest BCUT2D eigenvalue weighted by atomic mass is 79.9. The van der Waals surface area contributed by atoms with Crippen LogP contribution in [0.1, 0.15) is 32.8 Å². The summed E-state index contributed by atoms with van der Waals surface area (Å²) in [5.41, 5.74) is 1.17. The van der Waals surface area contributed by atoms with Crippen LogP contribution in [0.2, 0.25) is 0 Å². The Bertz CT molecular complexity index is 508. The van der Waals surface area contributed by atoms with Gasteiger partial charge < -0.3 is 4.74 Å². The summed E-state index contributed by atoms with van der Waals surface area (Å²) in [5.74, 6) is 0.0529. The molecule has 4 nitrogen and oxygen atoms in total. The number of amides is 1. The molecule has 21 heavy (non-hydrogen) atoms. The van der Waals surface area contributed by atoms with Crippen molar-refractivity contribution in [3.05, 3.63) is 29.8 Å². The number of Topliss-reactive ketones (excluding diaryl/α,β-unsaturated/α-hetero) is 1. The molecule has 0 atom stereocenters. The number of carbonyl (C=O) groups is 2. The number of aryl methyl sites for hydroxylation is 1. The maximum atomic E-state index is 12.4. The Hall–Kier alpha value is -1.36. The fourth-order valence-corrected chi connectivity index (χ4v) is 2.08. The fraction of sp³-hybridized carbons (Fsp3) is 0.500. The molecule has 0 aliphatic carbocycles. The summed E-state index contributed by atoms with van der Waals surface area (Å²) in [6, 6.07) is 7.57. The van der Waals surface area contributed by atoms with E-state index in [1.165, 1.54) is 4.90 Å². The van der Waals surface area contributed by atoms with Gasteiger partial charge >= 0.3 is 6.09 Å². The first-order chi connectivity index (χ1) is 9.74. The second-order valence-electron chi connectivity index (χ2n) is 5.84. The number of hydrogen-bond acceptors (Lipinski definition) is 3. The van der Waals surface area contributed by atoms with Gasteiger partial charge in [0.15, 0.2) is 0 Å². The van der Waals surface area contributed by atoms with Crippen LogP contribution in [0.15, 0.2) is 24.3 Å². The van der Waals surface area contributed by atoms with Crippen molar-refractivity contribution >= 4 is 33.5 Å². The first kappa shape index (κ1) is 17.7. The lowest BCUT2D eigenvalue weighted by Crippen LogP contribution is -2.38. The standard InChI is InChI=1S/C16H22BrNO3/c1-12-7-5-6-8-14(12)18(10-9-13(19)11-17)15(20)21-16(2,3)4/h5-8H,9-11H2,1-4H3. The van der Waals surface area contributed by atoms with E-state index in [-0.39, 0.29) is 5.78 Å². The molecule has 1 aromatic rings. The van der Waals surface area contributed by atoms with E-state index in [1.807, 2.05) is 52.0 Å². The van der Waals surface area contributed by atoms with Gasteiger partial charge in [-0.3, -0.25) is 9.69 Å². The van der Waals surface area contributed by atoms with Crippen LogP contribution in [0.5, 0.6) is 0 Å². The first-order valence-electron chi connectivity index (χ1n) is 6.88. The van der Waals surface area contributed by atoms with Crippen molar-refractivity contribution in [2.24, 2.45) is 0 Å². The van der Waals surface area contributed by atoms with Gasteiger partial charge in [-0.15, -0.1) is 0 Å². The topological polar surface area (TPSA) is 46.6 Å². The van der Waals surface area contributed by atoms with Crippen LogP contribution in [0.25, 0.3) is 0 Å². The molecule has 1 aromatic carbocycles. The summed E-state index contributed by atoms with van der Waals surface area (Å²) in [6.45, 7) is 7.71. The van der Waals surface area contributed by atoms with Crippen LogP contribution in [0, 0.1) is 6.92 Å². The Morgan fingerprint density at radius 1 is 1.24 bits per heavy atom. The number of anilines is 1. The van der Waals surface area contributed by atoms with E-state index in [0.717, 1.165) is 11.3 Å². The third kappa shape index (κ3) is 5.87. The normalized spacial score (nSPS) is 11.1. The van der Waals surface area contributed by atoms with Gasteiger partial charge in [-0.2, -0.15) is 0 Å². The SMILES string of the molecule is Cc1ccccc1N(CCC(=O)CBr)C(=O)OC(C)(C)C. The molecule has 0 aliphatic rings. The highest BCUT2D eigenvalue weighted by Crippen LogP contribution is 2.22. The summed E-state index contributed by atoms with van der Waals surface area (Å²) in [4.78, 5) is 25.4. The minimum absolute atomic E-state index is 0.0529. The Balaban J connectivity index is 2.97. The number of para-hydroxylation sites is 1. The lowest BCUT2D eigenvalue weighted by atomic mass is 10.1. The van der Waals surface area contributed by atoms with Crippen molar-refractivity contribution in [2.45, 2.75) is 39.7 Å². The Morgan fingerprint density at radius 2 is 1.86 bits per heavy atom.